The Morgan fingerprint density at radius 3 is 3.21 bits per heavy atom. The van der Waals surface area contributed by atoms with Crippen LogP contribution in [0.3, 0.4) is 0 Å². The Bertz CT molecular complexity index is 254. The predicted molar refractivity (Wildman–Crippen MR) is 61.1 cm³/mol. The molecule has 1 saturated heterocycles. The molecule has 2 unspecified atom stereocenters. The largest absolute Gasteiger partial charge is 0.378 e. The molecule has 0 amide bonds. The Balaban J connectivity index is 1.74. The van der Waals surface area contributed by atoms with Crippen molar-refractivity contribution in [2.24, 2.45) is 0 Å². The highest BCUT2D eigenvalue weighted by atomic mass is 35.5. The van der Waals surface area contributed by atoms with Crippen molar-refractivity contribution in [1.82, 2.24) is 0 Å². The number of hydrogen-bond donors (Lipinski definition) is 0. The second-order valence-corrected chi connectivity index (χ2v) is 5.20. The normalized spacial score (nSPS) is 23.9. The summed E-state index contributed by atoms with van der Waals surface area (Å²) in [6, 6.07) is 4.17. The van der Waals surface area contributed by atoms with Crippen LogP contribution in [0.4, 0.5) is 0 Å². The minimum absolute atomic E-state index is 0.180. The summed E-state index contributed by atoms with van der Waals surface area (Å²) in [5.41, 5.74) is 0. The summed E-state index contributed by atoms with van der Waals surface area (Å²) in [5.74, 6) is 0. The molecule has 0 saturated carbocycles. The Hall–Kier alpha value is -0.0500. The third kappa shape index (κ3) is 2.72. The van der Waals surface area contributed by atoms with Crippen LogP contribution in [0.1, 0.15) is 35.9 Å². The van der Waals surface area contributed by atoms with E-state index in [2.05, 4.69) is 17.5 Å². The van der Waals surface area contributed by atoms with Crippen LogP contribution in [0.2, 0.25) is 0 Å². The van der Waals surface area contributed by atoms with Crippen LogP contribution in [-0.4, -0.2) is 12.7 Å². The molecule has 2 atom stereocenters. The molecule has 0 aliphatic carbocycles. The van der Waals surface area contributed by atoms with Crippen molar-refractivity contribution in [3.05, 3.63) is 22.4 Å². The van der Waals surface area contributed by atoms with Crippen LogP contribution in [0.15, 0.2) is 17.5 Å². The van der Waals surface area contributed by atoms with E-state index in [0.29, 0.717) is 6.10 Å². The molecule has 78 valence electrons. The van der Waals surface area contributed by atoms with E-state index in [4.69, 9.17) is 16.3 Å². The molecule has 1 fully saturated rings. The van der Waals surface area contributed by atoms with Crippen LogP contribution in [0.5, 0.6) is 0 Å². The van der Waals surface area contributed by atoms with Crippen LogP contribution in [0, 0.1) is 0 Å². The fourth-order valence-corrected chi connectivity index (χ4v) is 2.91. The highest BCUT2D eigenvalue weighted by Crippen LogP contribution is 2.31. The van der Waals surface area contributed by atoms with E-state index < -0.39 is 0 Å². The first-order valence-electron chi connectivity index (χ1n) is 5.15. The number of hydrogen-bond acceptors (Lipinski definition) is 2. The molecule has 1 aliphatic heterocycles. The maximum absolute atomic E-state index is 6.28. The van der Waals surface area contributed by atoms with Crippen LogP contribution in [-0.2, 0) is 4.74 Å². The van der Waals surface area contributed by atoms with E-state index in [1.165, 1.54) is 17.7 Å². The zero-order chi connectivity index (χ0) is 9.80. The topological polar surface area (TPSA) is 9.23 Å². The molecule has 0 bridgehead atoms. The van der Waals surface area contributed by atoms with Gasteiger partial charge in [-0.15, -0.1) is 22.9 Å². The van der Waals surface area contributed by atoms with Gasteiger partial charge in [0.15, 0.2) is 0 Å². The first-order valence-corrected chi connectivity index (χ1v) is 6.47. The summed E-state index contributed by atoms with van der Waals surface area (Å²) in [6.45, 7) is 0.941. The number of alkyl halides is 1. The monoisotopic (exact) mass is 230 g/mol. The lowest BCUT2D eigenvalue weighted by Gasteiger charge is -2.11. The lowest BCUT2D eigenvalue weighted by molar-refractivity contribution is 0.102. The molecule has 1 aliphatic rings. The van der Waals surface area contributed by atoms with Crippen molar-refractivity contribution in [2.45, 2.75) is 37.2 Å². The van der Waals surface area contributed by atoms with E-state index in [-0.39, 0.29) is 5.38 Å². The fraction of sp³-hybridized carbons (Fsp3) is 0.636. The van der Waals surface area contributed by atoms with Crippen molar-refractivity contribution < 1.29 is 4.74 Å². The smallest absolute Gasteiger partial charge is 0.0679 e. The Morgan fingerprint density at radius 1 is 1.64 bits per heavy atom. The highest BCUT2D eigenvalue weighted by Gasteiger charge is 2.17. The summed E-state index contributed by atoms with van der Waals surface area (Å²) in [7, 11) is 0. The molecule has 1 aromatic rings. The maximum Gasteiger partial charge on any atom is 0.0679 e. The predicted octanol–water partition coefficient (Wildman–Crippen LogP) is 3.99. The second-order valence-electron chi connectivity index (χ2n) is 3.70. The second kappa shape index (κ2) is 5.15. The summed E-state index contributed by atoms with van der Waals surface area (Å²) < 4.78 is 5.57. The molecule has 0 aromatic carbocycles. The van der Waals surface area contributed by atoms with E-state index >= 15 is 0 Å². The Labute approximate surface area is 94.0 Å². The molecule has 14 heavy (non-hydrogen) atoms. The van der Waals surface area contributed by atoms with Gasteiger partial charge in [0.25, 0.3) is 0 Å². The van der Waals surface area contributed by atoms with Gasteiger partial charge in [-0.05, 0) is 37.1 Å². The summed E-state index contributed by atoms with van der Waals surface area (Å²) in [6.07, 6.45) is 5.04. The maximum atomic E-state index is 6.28. The molecule has 3 heteroatoms. The quantitative estimate of drug-likeness (QED) is 0.711. The van der Waals surface area contributed by atoms with E-state index in [9.17, 15) is 0 Å². The van der Waals surface area contributed by atoms with E-state index in [1.54, 1.807) is 11.3 Å². The third-order valence-electron chi connectivity index (χ3n) is 2.62. The fourth-order valence-electron chi connectivity index (χ4n) is 1.82. The highest BCUT2D eigenvalue weighted by molar-refractivity contribution is 7.10. The molecule has 2 rings (SSSR count). The Kier molecular flexibility index (Phi) is 3.85. The molecular formula is C11H15ClOS. The zero-order valence-corrected chi connectivity index (χ0v) is 9.69. The molecule has 0 radical (unpaired) electrons. The average molecular weight is 231 g/mol. The molecule has 1 aromatic heterocycles. The molecule has 0 spiro atoms. The van der Waals surface area contributed by atoms with Gasteiger partial charge in [-0.25, -0.2) is 0 Å². The lowest BCUT2D eigenvalue weighted by atomic mass is 10.1. The number of rotatable bonds is 4. The van der Waals surface area contributed by atoms with Gasteiger partial charge in [0.1, 0.15) is 0 Å². The van der Waals surface area contributed by atoms with Gasteiger partial charge in [0.2, 0.25) is 0 Å². The number of ether oxygens (including phenoxy) is 1. The first-order chi connectivity index (χ1) is 6.86. The van der Waals surface area contributed by atoms with Crippen molar-refractivity contribution >= 4 is 22.9 Å². The van der Waals surface area contributed by atoms with Crippen molar-refractivity contribution in [3.8, 4) is 0 Å². The summed E-state index contributed by atoms with van der Waals surface area (Å²) >= 11 is 8.02. The standard InChI is InChI=1S/C11H15ClOS/c12-10(11-4-2-8-14-11)6-5-9-3-1-7-13-9/h2,4,8-10H,1,3,5-7H2. The van der Waals surface area contributed by atoms with Gasteiger partial charge >= 0.3 is 0 Å². The van der Waals surface area contributed by atoms with Crippen molar-refractivity contribution in [3.63, 3.8) is 0 Å². The van der Waals surface area contributed by atoms with Gasteiger partial charge in [-0.1, -0.05) is 6.07 Å². The zero-order valence-electron chi connectivity index (χ0n) is 8.12. The lowest BCUT2D eigenvalue weighted by Crippen LogP contribution is -2.05. The number of halogens is 1. The van der Waals surface area contributed by atoms with Gasteiger partial charge in [-0.2, -0.15) is 0 Å². The van der Waals surface area contributed by atoms with Gasteiger partial charge in [0.05, 0.1) is 11.5 Å². The van der Waals surface area contributed by atoms with Crippen molar-refractivity contribution in [1.29, 1.82) is 0 Å². The van der Waals surface area contributed by atoms with Crippen LogP contribution >= 0.6 is 22.9 Å². The molecule has 2 heterocycles. The van der Waals surface area contributed by atoms with Gasteiger partial charge < -0.3 is 4.74 Å². The van der Waals surface area contributed by atoms with Crippen LogP contribution in [0.25, 0.3) is 0 Å². The van der Waals surface area contributed by atoms with E-state index in [0.717, 1.165) is 19.4 Å². The molecule has 1 nitrogen and oxygen atoms in total. The van der Waals surface area contributed by atoms with E-state index in [1.807, 2.05) is 0 Å². The SMILES string of the molecule is ClC(CCC1CCCO1)c1cccs1. The van der Waals surface area contributed by atoms with Crippen LogP contribution < -0.4 is 0 Å². The van der Waals surface area contributed by atoms with Gasteiger partial charge in [0, 0.05) is 11.5 Å². The summed E-state index contributed by atoms with van der Waals surface area (Å²) in [4.78, 5) is 1.28. The number of thiophene rings is 1. The minimum Gasteiger partial charge on any atom is -0.378 e. The minimum atomic E-state index is 0.180. The average Bonchev–Trinajstić information content (AvgIpc) is 2.87. The Morgan fingerprint density at radius 2 is 2.57 bits per heavy atom. The third-order valence-corrected chi connectivity index (χ3v) is 4.19. The van der Waals surface area contributed by atoms with Gasteiger partial charge in [-0.3, -0.25) is 0 Å². The van der Waals surface area contributed by atoms with Crippen molar-refractivity contribution in [2.75, 3.05) is 6.61 Å². The first kappa shape index (κ1) is 10.5. The molecule has 0 N–H and O–H groups in total. The molecular weight excluding hydrogens is 216 g/mol. The summed E-state index contributed by atoms with van der Waals surface area (Å²) in [5, 5.41) is 2.26.